The van der Waals surface area contributed by atoms with Gasteiger partial charge in [0.05, 0.1) is 23.1 Å². The lowest BCUT2D eigenvalue weighted by atomic mass is 9.78. The average molecular weight is 358 g/mol. The van der Waals surface area contributed by atoms with Gasteiger partial charge in [-0.3, -0.25) is 4.79 Å². The minimum atomic E-state index is -0.405. The van der Waals surface area contributed by atoms with Crippen molar-refractivity contribution in [2.45, 2.75) is 39.2 Å². The van der Waals surface area contributed by atoms with Gasteiger partial charge < -0.3 is 19.9 Å². The summed E-state index contributed by atoms with van der Waals surface area (Å²) in [6.45, 7) is 7.12. The van der Waals surface area contributed by atoms with Crippen LogP contribution in [0.3, 0.4) is 0 Å². The second-order valence-electron chi connectivity index (χ2n) is 7.45. The third kappa shape index (κ3) is 3.76. The predicted octanol–water partition coefficient (Wildman–Crippen LogP) is 2.29. The molecule has 1 aliphatic rings. The summed E-state index contributed by atoms with van der Waals surface area (Å²) in [6, 6.07) is 8.53. The number of aromatic nitrogens is 2. The number of benzene rings is 1. The Bertz CT molecular complexity index is 742. The Morgan fingerprint density at radius 2 is 2.08 bits per heavy atom. The van der Waals surface area contributed by atoms with Crippen molar-refractivity contribution in [2.75, 3.05) is 33.4 Å². The topological polar surface area (TPSA) is 68.2 Å². The number of hydrogen-bond donors (Lipinski definition) is 2. The number of amides is 1. The van der Waals surface area contributed by atoms with E-state index in [2.05, 4.69) is 35.1 Å². The van der Waals surface area contributed by atoms with E-state index in [4.69, 9.17) is 9.72 Å². The molecule has 0 radical (unpaired) electrons. The van der Waals surface area contributed by atoms with Crippen molar-refractivity contribution in [3.8, 4) is 0 Å². The van der Waals surface area contributed by atoms with E-state index in [9.17, 15) is 4.79 Å². The highest BCUT2D eigenvalue weighted by molar-refractivity contribution is 5.83. The number of piperidine rings is 1. The zero-order valence-electron chi connectivity index (χ0n) is 16.0. The lowest BCUT2D eigenvalue weighted by Crippen LogP contribution is -2.50. The fourth-order valence-electron chi connectivity index (χ4n) is 3.94. The molecular formula is C20H30N4O2. The number of rotatable bonds is 7. The third-order valence-corrected chi connectivity index (χ3v) is 5.28. The van der Waals surface area contributed by atoms with Gasteiger partial charge in [0, 0.05) is 26.1 Å². The lowest BCUT2D eigenvalue weighted by Gasteiger charge is -2.35. The van der Waals surface area contributed by atoms with Crippen LogP contribution in [0.25, 0.3) is 11.0 Å². The summed E-state index contributed by atoms with van der Waals surface area (Å²) >= 11 is 0. The maximum Gasteiger partial charge on any atom is 0.228 e. The molecule has 0 atom stereocenters. The van der Waals surface area contributed by atoms with E-state index in [1.165, 1.54) is 0 Å². The number of carbonyl (C=O) groups excluding carboxylic acids is 1. The highest BCUT2D eigenvalue weighted by atomic mass is 16.5. The molecule has 6 heteroatoms. The molecule has 1 fully saturated rings. The molecule has 0 bridgehead atoms. The van der Waals surface area contributed by atoms with Crippen molar-refractivity contribution in [1.82, 2.24) is 20.2 Å². The van der Waals surface area contributed by atoms with Crippen molar-refractivity contribution < 1.29 is 9.53 Å². The summed E-state index contributed by atoms with van der Waals surface area (Å²) in [5.74, 6) is 1.13. The molecule has 2 N–H and O–H groups in total. The maximum atomic E-state index is 12.8. The molecule has 0 saturated carbocycles. The van der Waals surface area contributed by atoms with Gasteiger partial charge in [-0.1, -0.05) is 12.1 Å². The molecule has 3 rings (SSSR count). The number of fused-ring (bicyclic) bond motifs is 1. The Hall–Kier alpha value is -1.92. The molecule has 1 aromatic carbocycles. The van der Waals surface area contributed by atoms with Crippen molar-refractivity contribution in [3.63, 3.8) is 0 Å². The highest BCUT2D eigenvalue weighted by Gasteiger charge is 2.39. The molecular weight excluding hydrogens is 328 g/mol. The summed E-state index contributed by atoms with van der Waals surface area (Å²) < 4.78 is 7.62. The largest absolute Gasteiger partial charge is 0.384 e. The number of nitrogens with one attached hydrogen (secondary N) is 2. The predicted molar refractivity (Wildman–Crippen MR) is 103 cm³/mol. The molecule has 142 valence electrons. The Balaban J connectivity index is 1.68. The number of carbonyl (C=O) groups is 1. The highest BCUT2D eigenvalue weighted by Crippen LogP contribution is 2.29. The second kappa shape index (κ2) is 8.18. The van der Waals surface area contributed by atoms with Crippen LogP contribution in [-0.2, 0) is 16.0 Å². The third-order valence-electron chi connectivity index (χ3n) is 5.28. The van der Waals surface area contributed by atoms with Crippen molar-refractivity contribution in [3.05, 3.63) is 30.1 Å². The molecule has 1 amide bonds. The monoisotopic (exact) mass is 358 g/mol. The normalized spacial score (nSPS) is 16.9. The van der Waals surface area contributed by atoms with Crippen LogP contribution in [0.2, 0.25) is 0 Å². The molecule has 6 nitrogen and oxygen atoms in total. The fourth-order valence-corrected chi connectivity index (χ4v) is 3.94. The number of ether oxygens (including phenoxy) is 1. The molecule has 1 aromatic heterocycles. The van der Waals surface area contributed by atoms with Gasteiger partial charge in [-0.05, 0) is 51.9 Å². The van der Waals surface area contributed by atoms with Crippen molar-refractivity contribution in [1.29, 1.82) is 0 Å². The molecule has 0 unspecified atom stereocenters. The number of hydrogen-bond acceptors (Lipinski definition) is 4. The standard InChI is InChI=1S/C20H30N4O2/c1-15(2)24-17-7-5-4-6-16(17)23-18(24)8-11-22-19(25)20(14-26-3)9-12-21-13-10-20/h4-7,15,21H,8-14H2,1-3H3,(H,22,25). The van der Waals surface area contributed by atoms with Crippen LogP contribution < -0.4 is 10.6 Å². The van der Waals surface area contributed by atoms with E-state index in [1.54, 1.807) is 7.11 Å². The molecule has 26 heavy (non-hydrogen) atoms. The number of nitrogens with zero attached hydrogens (tertiary/aromatic N) is 2. The first-order valence-electron chi connectivity index (χ1n) is 9.51. The van der Waals surface area contributed by atoms with Gasteiger partial charge in [0.15, 0.2) is 0 Å². The molecule has 1 aliphatic heterocycles. The van der Waals surface area contributed by atoms with E-state index in [0.717, 1.165) is 49.2 Å². The smallest absolute Gasteiger partial charge is 0.228 e. The first-order valence-corrected chi connectivity index (χ1v) is 9.51. The molecule has 0 spiro atoms. The quantitative estimate of drug-likeness (QED) is 0.797. The van der Waals surface area contributed by atoms with Crippen molar-refractivity contribution >= 4 is 16.9 Å². The van der Waals surface area contributed by atoms with Gasteiger partial charge in [0.1, 0.15) is 5.82 Å². The number of methoxy groups -OCH3 is 1. The zero-order valence-corrected chi connectivity index (χ0v) is 16.0. The van der Waals surface area contributed by atoms with Crippen LogP contribution >= 0.6 is 0 Å². The van der Waals surface area contributed by atoms with Crippen LogP contribution in [0.1, 0.15) is 38.6 Å². The Morgan fingerprint density at radius 3 is 2.77 bits per heavy atom. The van der Waals surface area contributed by atoms with E-state index in [1.807, 2.05) is 18.2 Å². The van der Waals surface area contributed by atoms with E-state index in [0.29, 0.717) is 19.2 Å². The van der Waals surface area contributed by atoms with E-state index < -0.39 is 5.41 Å². The first kappa shape index (κ1) is 18.9. The van der Waals surface area contributed by atoms with Crippen molar-refractivity contribution in [2.24, 2.45) is 5.41 Å². The Kier molecular flexibility index (Phi) is 5.94. The lowest BCUT2D eigenvalue weighted by molar-refractivity contribution is -0.136. The minimum absolute atomic E-state index is 0.105. The SMILES string of the molecule is COCC1(C(=O)NCCc2nc3ccccc3n2C(C)C)CCNCC1. The molecule has 0 aliphatic carbocycles. The zero-order chi connectivity index (χ0) is 18.6. The first-order chi connectivity index (χ1) is 12.6. The van der Waals surface area contributed by atoms with Gasteiger partial charge in [0.25, 0.3) is 0 Å². The van der Waals surface area contributed by atoms with Gasteiger partial charge >= 0.3 is 0 Å². The van der Waals surface area contributed by atoms with Gasteiger partial charge in [-0.15, -0.1) is 0 Å². The molecule has 1 saturated heterocycles. The summed E-state index contributed by atoms with van der Waals surface area (Å²) in [4.78, 5) is 17.6. The molecule has 2 aromatic rings. The van der Waals surface area contributed by atoms with Crippen LogP contribution in [-0.4, -0.2) is 48.8 Å². The Labute approximate surface area is 155 Å². The van der Waals surface area contributed by atoms with Crippen LogP contribution in [0.15, 0.2) is 24.3 Å². The van der Waals surface area contributed by atoms with Crippen LogP contribution in [0, 0.1) is 5.41 Å². The maximum absolute atomic E-state index is 12.8. The number of imidazole rings is 1. The second-order valence-corrected chi connectivity index (χ2v) is 7.45. The summed E-state index contributed by atoms with van der Waals surface area (Å²) in [5.41, 5.74) is 1.76. The van der Waals surface area contributed by atoms with Gasteiger partial charge in [-0.2, -0.15) is 0 Å². The Morgan fingerprint density at radius 1 is 1.35 bits per heavy atom. The van der Waals surface area contributed by atoms with Crippen LogP contribution in [0.5, 0.6) is 0 Å². The summed E-state index contributed by atoms with van der Waals surface area (Å²) in [6.07, 6.45) is 2.36. The van der Waals surface area contributed by atoms with Crippen LogP contribution in [0.4, 0.5) is 0 Å². The minimum Gasteiger partial charge on any atom is -0.384 e. The fraction of sp³-hybridized carbons (Fsp3) is 0.600. The van der Waals surface area contributed by atoms with E-state index >= 15 is 0 Å². The average Bonchev–Trinajstić information content (AvgIpc) is 3.01. The summed E-state index contributed by atoms with van der Waals surface area (Å²) in [7, 11) is 1.67. The summed E-state index contributed by atoms with van der Waals surface area (Å²) in [5, 5.41) is 6.46. The van der Waals surface area contributed by atoms with Gasteiger partial charge in [0.2, 0.25) is 5.91 Å². The molecule has 2 heterocycles. The van der Waals surface area contributed by atoms with E-state index in [-0.39, 0.29) is 5.91 Å². The van der Waals surface area contributed by atoms with Gasteiger partial charge in [-0.25, -0.2) is 4.98 Å². The number of para-hydroxylation sites is 2.